The molecule has 0 aromatic carbocycles. The Balaban J connectivity index is 1.51. The Morgan fingerprint density at radius 1 is 1.15 bits per heavy atom. The molecular weight excluding hydrogens is 366 g/mol. The zero-order chi connectivity index (χ0) is 19.8. The summed E-state index contributed by atoms with van der Waals surface area (Å²) in [4.78, 5) is 41.0. The number of aryl methyl sites for hydroxylation is 1. The van der Waals surface area contributed by atoms with Gasteiger partial charge in [-0.25, -0.2) is 0 Å². The van der Waals surface area contributed by atoms with Crippen molar-refractivity contribution in [1.82, 2.24) is 20.0 Å². The average molecular weight is 394 g/mol. The van der Waals surface area contributed by atoms with Crippen molar-refractivity contribution in [2.24, 2.45) is 11.8 Å². The number of anilines is 1. The Hall–Kier alpha value is -2.03. The highest BCUT2D eigenvalue weighted by atomic mass is 32.1. The van der Waals surface area contributed by atoms with E-state index in [0.29, 0.717) is 37.6 Å². The van der Waals surface area contributed by atoms with Crippen LogP contribution in [0.3, 0.4) is 0 Å². The van der Waals surface area contributed by atoms with E-state index in [1.807, 2.05) is 32.6 Å². The molecule has 3 amide bonds. The lowest BCUT2D eigenvalue weighted by atomic mass is 9.94. The first-order valence-electron chi connectivity index (χ1n) is 9.35. The van der Waals surface area contributed by atoms with Gasteiger partial charge in [-0.1, -0.05) is 11.3 Å². The maximum Gasteiger partial charge on any atom is 0.229 e. The van der Waals surface area contributed by atoms with Crippen LogP contribution in [0.15, 0.2) is 0 Å². The van der Waals surface area contributed by atoms with Crippen LogP contribution >= 0.6 is 11.3 Å². The smallest absolute Gasteiger partial charge is 0.229 e. The third kappa shape index (κ3) is 4.45. The van der Waals surface area contributed by atoms with Crippen molar-refractivity contribution in [3.8, 4) is 0 Å². The van der Waals surface area contributed by atoms with Crippen molar-refractivity contribution in [1.29, 1.82) is 0 Å². The molecular formula is C18H27N5O3S. The third-order valence-electron chi connectivity index (χ3n) is 5.22. The largest absolute Gasteiger partial charge is 0.342 e. The summed E-state index contributed by atoms with van der Waals surface area (Å²) >= 11 is 1.35. The molecule has 0 bridgehead atoms. The molecule has 9 heteroatoms. The summed E-state index contributed by atoms with van der Waals surface area (Å²) in [7, 11) is 0. The molecule has 27 heavy (non-hydrogen) atoms. The second-order valence-corrected chi connectivity index (χ2v) is 9.47. The van der Waals surface area contributed by atoms with E-state index in [2.05, 4.69) is 15.5 Å². The Kier molecular flexibility index (Phi) is 5.50. The Morgan fingerprint density at radius 3 is 2.33 bits per heavy atom. The molecule has 1 unspecified atom stereocenters. The van der Waals surface area contributed by atoms with Crippen LogP contribution in [-0.2, 0) is 14.4 Å². The quantitative estimate of drug-likeness (QED) is 0.843. The van der Waals surface area contributed by atoms with Gasteiger partial charge in [0.1, 0.15) is 5.01 Å². The van der Waals surface area contributed by atoms with Crippen molar-refractivity contribution in [2.45, 2.75) is 52.5 Å². The SMILES string of the molecule is Cc1nnc(NC(=O)C2CCN(C(=O)C3CC(=O)N(C(C)(C)C)C3)CC2)s1. The number of rotatable bonds is 3. The Labute approximate surface area is 163 Å². The average Bonchev–Trinajstić information content (AvgIpc) is 3.19. The first kappa shape index (κ1) is 19.7. The highest BCUT2D eigenvalue weighted by Gasteiger charge is 2.41. The molecule has 3 rings (SSSR count). The predicted octanol–water partition coefficient (Wildman–Crippen LogP) is 1.67. The number of nitrogens with one attached hydrogen (secondary N) is 1. The van der Waals surface area contributed by atoms with E-state index in [4.69, 9.17) is 0 Å². The van der Waals surface area contributed by atoms with Crippen LogP contribution in [-0.4, -0.2) is 62.9 Å². The van der Waals surface area contributed by atoms with Gasteiger partial charge in [0.25, 0.3) is 0 Å². The zero-order valence-electron chi connectivity index (χ0n) is 16.3. The third-order valence-corrected chi connectivity index (χ3v) is 5.97. The van der Waals surface area contributed by atoms with Crippen molar-refractivity contribution in [3.05, 3.63) is 5.01 Å². The van der Waals surface area contributed by atoms with Gasteiger partial charge in [-0.2, -0.15) is 0 Å². The van der Waals surface area contributed by atoms with Crippen molar-refractivity contribution in [2.75, 3.05) is 25.0 Å². The first-order chi connectivity index (χ1) is 12.6. The minimum atomic E-state index is -0.272. The Morgan fingerprint density at radius 2 is 1.81 bits per heavy atom. The van der Waals surface area contributed by atoms with Crippen LogP contribution in [0, 0.1) is 18.8 Å². The summed E-state index contributed by atoms with van der Waals surface area (Å²) in [6.07, 6.45) is 1.53. The number of carbonyl (C=O) groups excluding carboxylic acids is 3. The van der Waals surface area contributed by atoms with Crippen molar-refractivity contribution >= 4 is 34.2 Å². The van der Waals surface area contributed by atoms with Crippen molar-refractivity contribution in [3.63, 3.8) is 0 Å². The van der Waals surface area contributed by atoms with E-state index < -0.39 is 0 Å². The normalized spacial score (nSPS) is 21.6. The standard InChI is InChI=1S/C18H27N5O3S/c1-11-20-21-17(27-11)19-15(25)12-5-7-22(8-6-12)16(26)13-9-14(24)23(10-13)18(2,3)4/h12-13H,5-10H2,1-4H3,(H,19,21,25). The maximum absolute atomic E-state index is 12.8. The summed E-state index contributed by atoms with van der Waals surface area (Å²) in [5.41, 5.74) is -0.264. The number of hydrogen-bond donors (Lipinski definition) is 1. The Bertz CT molecular complexity index is 734. The minimum absolute atomic E-state index is 0.0358. The number of hydrogen-bond acceptors (Lipinski definition) is 6. The van der Waals surface area contributed by atoms with Gasteiger partial charge in [0.05, 0.1) is 5.92 Å². The van der Waals surface area contributed by atoms with E-state index in [9.17, 15) is 14.4 Å². The summed E-state index contributed by atoms with van der Waals surface area (Å²) in [5.74, 6) is -0.384. The summed E-state index contributed by atoms with van der Waals surface area (Å²) in [6, 6.07) is 0. The first-order valence-corrected chi connectivity index (χ1v) is 10.2. The molecule has 8 nitrogen and oxygen atoms in total. The highest BCUT2D eigenvalue weighted by molar-refractivity contribution is 7.15. The van der Waals surface area contributed by atoms with Gasteiger partial charge in [-0.15, -0.1) is 10.2 Å². The van der Waals surface area contributed by atoms with E-state index in [1.54, 1.807) is 4.90 Å². The fourth-order valence-corrected chi connectivity index (χ4v) is 4.29. The van der Waals surface area contributed by atoms with Crippen LogP contribution in [0.25, 0.3) is 0 Å². The highest BCUT2D eigenvalue weighted by Crippen LogP contribution is 2.29. The fraction of sp³-hybridized carbons (Fsp3) is 0.722. The number of amides is 3. The summed E-state index contributed by atoms with van der Waals surface area (Å²) < 4.78 is 0. The molecule has 1 atom stereocenters. The lowest BCUT2D eigenvalue weighted by Gasteiger charge is -2.34. The molecule has 0 aliphatic carbocycles. The number of piperidine rings is 1. The second-order valence-electron chi connectivity index (χ2n) is 8.29. The zero-order valence-corrected chi connectivity index (χ0v) is 17.1. The van der Waals surface area contributed by atoms with Crippen LogP contribution < -0.4 is 5.32 Å². The summed E-state index contributed by atoms with van der Waals surface area (Å²) in [6.45, 7) is 9.38. The molecule has 148 valence electrons. The number of carbonyl (C=O) groups is 3. The van der Waals surface area contributed by atoms with E-state index >= 15 is 0 Å². The van der Waals surface area contributed by atoms with Gasteiger partial charge < -0.3 is 15.1 Å². The molecule has 2 fully saturated rings. The van der Waals surface area contributed by atoms with Crippen LogP contribution in [0.1, 0.15) is 45.0 Å². The molecule has 0 saturated carbocycles. The second kappa shape index (κ2) is 7.53. The predicted molar refractivity (Wildman–Crippen MR) is 102 cm³/mol. The minimum Gasteiger partial charge on any atom is -0.342 e. The van der Waals surface area contributed by atoms with Gasteiger partial charge in [-0.05, 0) is 40.5 Å². The van der Waals surface area contributed by atoms with E-state index in [0.717, 1.165) is 5.01 Å². The number of aromatic nitrogens is 2. The molecule has 1 N–H and O–H groups in total. The number of nitrogens with zero attached hydrogens (tertiary/aromatic N) is 4. The lowest BCUT2D eigenvalue weighted by molar-refractivity contribution is -0.138. The van der Waals surface area contributed by atoms with Gasteiger partial charge in [0, 0.05) is 37.5 Å². The molecule has 3 heterocycles. The monoisotopic (exact) mass is 393 g/mol. The van der Waals surface area contributed by atoms with Gasteiger partial charge >= 0.3 is 0 Å². The molecule has 0 radical (unpaired) electrons. The van der Waals surface area contributed by atoms with Crippen LogP contribution in [0.5, 0.6) is 0 Å². The van der Waals surface area contributed by atoms with Gasteiger partial charge in [-0.3, -0.25) is 14.4 Å². The van der Waals surface area contributed by atoms with E-state index in [1.165, 1.54) is 11.3 Å². The lowest BCUT2D eigenvalue weighted by Crippen LogP contribution is -2.46. The summed E-state index contributed by atoms with van der Waals surface area (Å²) in [5, 5.41) is 11.9. The molecule has 1 aromatic heterocycles. The fourth-order valence-electron chi connectivity index (χ4n) is 3.70. The molecule has 2 aliphatic rings. The van der Waals surface area contributed by atoms with Gasteiger partial charge in [0.2, 0.25) is 22.9 Å². The van der Waals surface area contributed by atoms with Crippen LogP contribution in [0.2, 0.25) is 0 Å². The topological polar surface area (TPSA) is 95.5 Å². The van der Waals surface area contributed by atoms with E-state index in [-0.39, 0.29) is 41.5 Å². The number of likely N-dealkylation sites (tertiary alicyclic amines) is 2. The molecule has 2 aliphatic heterocycles. The maximum atomic E-state index is 12.8. The van der Waals surface area contributed by atoms with Gasteiger partial charge in [0.15, 0.2) is 0 Å². The van der Waals surface area contributed by atoms with Crippen molar-refractivity contribution < 1.29 is 14.4 Å². The molecule has 2 saturated heterocycles. The molecule has 0 spiro atoms. The van der Waals surface area contributed by atoms with Crippen LogP contribution in [0.4, 0.5) is 5.13 Å². The molecule has 1 aromatic rings.